The van der Waals surface area contributed by atoms with Gasteiger partial charge in [-0.15, -0.1) is 11.3 Å². The van der Waals surface area contributed by atoms with Gasteiger partial charge in [0.05, 0.1) is 17.1 Å². The normalized spacial score (nSPS) is 10.5. The van der Waals surface area contributed by atoms with Crippen LogP contribution >= 0.6 is 11.3 Å². The zero-order valence-electron chi connectivity index (χ0n) is 15.8. The predicted molar refractivity (Wildman–Crippen MR) is 114 cm³/mol. The van der Waals surface area contributed by atoms with Crippen molar-refractivity contribution < 1.29 is 4.79 Å². The molecular formula is C21H24N4OS. The van der Waals surface area contributed by atoms with Crippen LogP contribution in [0.3, 0.4) is 0 Å². The van der Waals surface area contributed by atoms with E-state index in [1.165, 1.54) is 5.56 Å². The molecule has 0 aliphatic heterocycles. The van der Waals surface area contributed by atoms with Crippen molar-refractivity contribution in [2.24, 2.45) is 0 Å². The van der Waals surface area contributed by atoms with E-state index in [1.807, 2.05) is 43.3 Å². The molecule has 2 amide bonds. The molecule has 0 aliphatic rings. The average molecular weight is 381 g/mol. The molecule has 0 unspecified atom stereocenters. The van der Waals surface area contributed by atoms with Crippen LogP contribution in [0.15, 0.2) is 53.9 Å². The molecule has 3 rings (SSSR count). The number of aromatic nitrogens is 1. The minimum absolute atomic E-state index is 0.210. The van der Waals surface area contributed by atoms with E-state index in [-0.39, 0.29) is 6.03 Å². The van der Waals surface area contributed by atoms with Crippen LogP contribution in [0.5, 0.6) is 0 Å². The van der Waals surface area contributed by atoms with E-state index in [4.69, 9.17) is 0 Å². The highest BCUT2D eigenvalue weighted by Crippen LogP contribution is 2.24. The summed E-state index contributed by atoms with van der Waals surface area (Å²) < 4.78 is 0. The third-order valence-corrected chi connectivity index (χ3v) is 5.09. The first-order valence-electron chi connectivity index (χ1n) is 8.85. The molecule has 1 heterocycles. The Hall–Kier alpha value is -2.86. The van der Waals surface area contributed by atoms with E-state index in [0.29, 0.717) is 13.0 Å². The predicted octanol–water partition coefficient (Wildman–Crippen LogP) is 4.55. The number of thiazole rings is 1. The summed E-state index contributed by atoms with van der Waals surface area (Å²) >= 11 is 1.63. The monoisotopic (exact) mass is 380 g/mol. The highest BCUT2D eigenvalue weighted by atomic mass is 32.1. The number of benzene rings is 2. The Balaban J connectivity index is 1.52. The van der Waals surface area contributed by atoms with Gasteiger partial charge in [0.25, 0.3) is 0 Å². The lowest BCUT2D eigenvalue weighted by Gasteiger charge is -2.17. The molecule has 140 valence electrons. The van der Waals surface area contributed by atoms with E-state index in [2.05, 4.69) is 52.2 Å². The van der Waals surface area contributed by atoms with Gasteiger partial charge in [-0.05, 0) is 19.1 Å². The molecule has 0 fully saturated rings. The minimum atomic E-state index is -0.210. The molecule has 0 atom stereocenters. The molecule has 2 N–H and O–H groups in total. The number of rotatable bonds is 6. The number of hydrogen-bond donors (Lipinski definition) is 2. The largest absolute Gasteiger partial charge is 0.376 e. The molecule has 5 nitrogen and oxygen atoms in total. The lowest BCUT2D eigenvalue weighted by Crippen LogP contribution is -2.31. The number of carbonyl (C=O) groups is 1. The maximum atomic E-state index is 12.2. The molecule has 0 aliphatic carbocycles. The van der Waals surface area contributed by atoms with Crippen LogP contribution in [0, 0.1) is 6.92 Å². The molecule has 3 aromatic rings. The lowest BCUT2D eigenvalue weighted by molar-refractivity contribution is 0.252. The molecule has 0 saturated carbocycles. The summed E-state index contributed by atoms with van der Waals surface area (Å²) in [4.78, 5) is 18.8. The fraction of sp³-hybridized carbons (Fsp3) is 0.238. The maximum Gasteiger partial charge on any atom is 0.319 e. The van der Waals surface area contributed by atoms with Crippen molar-refractivity contribution in [2.75, 3.05) is 30.9 Å². The number of hydrogen-bond acceptors (Lipinski definition) is 4. The van der Waals surface area contributed by atoms with Gasteiger partial charge in [-0.1, -0.05) is 42.0 Å². The molecular weight excluding hydrogens is 356 g/mol. The number of nitrogens with one attached hydrogen (secondary N) is 2. The maximum absolute atomic E-state index is 12.2. The summed E-state index contributed by atoms with van der Waals surface area (Å²) in [6, 6.07) is 15.9. The zero-order chi connectivity index (χ0) is 19.2. The van der Waals surface area contributed by atoms with Gasteiger partial charge in [-0.3, -0.25) is 0 Å². The fourth-order valence-electron chi connectivity index (χ4n) is 2.69. The molecule has 0 spiro atoms. The SMILES string of the molecule is Cc1ccc(-c2nc(CCNC(=O)Nc3ccccc3N(C)C)cs2)cc1. The van der Waals surface area contributed by atoms with Crippen molar-refractivity contribution in [3.05, 3.63) is 65.2 Å². The number of nitrogens with zero attached hydrogens (tertiary/aromatic N) is 2. The summed E-state index contributed by atoms with van der Waals surface area (Å²) in [6.07, 6.45) is 0.700. The number of carbonyl (C=O) groups excluding carboxylic acids is 1. The first-order chi connectivity index (χ1) is 13.0. The van der Waals surface area contributed by atoms with Crippen LogP contribution < -0.4 is 15.5 Å². The van der Waals surface area contributed by atoms with E-state index in [1.54, 1.807) is 11.3 Å². The number of aryl methyl sites for hydroxylation is 1. The van der Waals surface area contributed by atoms with Crippen LogP contribution in [0.1, 0.15) is 11.3 Å². The molecule has 0 radical (unpaired) electrons. The Morgan fingerprint density at radius 3 is 2.59 bits per heavy atom. The Kier molecular flexibility index (Phi) is 6.08. The van der Waals surface area contributed by atoms with Crippen molar-refractivity contribution >= 4 is 28.7 Å². The van der Waals surface area contributed by atoms with Gasteiger partial charge < -0.3 is 15.5 Å². The minimum Gasteiger partial charge on any atom is -0.376 e. The van der Waals surface area contributed by atoms with E-state index < -0.39 is 0 Å². The smallest absolute Gasteiger partial charge is 0.319 e. The fourth-order valence-corrected chi connectivity index (χ4v) is 3.55. The molecule has 1 aromatic heterocycles. The molecule has 6 heteroatoms. The van der Waals surface area contributed by atoms with Crippen LogP contribution in [0.4, 0.5) is 16.2 Å². The van der Waals surface area contributed by atoms with Crippen LogP contribution in [0.2, 0.25) is 0 Å². The standard InChI is InChI=1S/C21H24N4OS/c1-15-8-10-16(11-9-15)20-23-17(14-27-20)12-13-22-21(26)24-18-6-4-5-7-19(18)25(2)3/h4-11,14H,12-13H2,1-3H3,(H2,22,24,26). The Bertz CT molecular complexity index is 903. The first-order valence-corrected chi connectivity index (χ1v) is 9.73. The summed E-state index contributed by atoms with van der Waals surface area (Å²) in [6.45, 7) is 2.61. The molecule has 0 bridgehead atoms. The summed E-state index contributed by atoms with van der Waals surface area (Å²) in [5, 5.41) is 8.86. The summed E-state index contributed by atoms with van der Waals surface area (Å²) in [5.41, 5.74) is 5.11. The second-order valence-corrected chi connectivity index (χ2v) is 7.41. The van der Waals surface area contributed by atoms with Gasteiger partial charge in [-0.25, -0.2) is 9.78 Å². The Morgan fingerprint density at radius 2 is 1.85 bits per heavy atom. The quantitative estimate of drug-likeness (QED) is 0.660. The van der Waals surface area contributed by atoms with Crippen LogP contribution in [0.25, 0.3) is 10.6 Å². The van der Waals surface area contributed by atoms with Crippen molar-refractivity contribution in [1.82, 2.24) is 10.3 Å². The average Bonchev–Trinajstić information content (AvgIpc) is 3.11. The van der Waals surface area contributed by atoms with E-state index in [9.17, 15) is 4.79 Å². The van der Waals surface area contributed by atoms with E-state index >= 15 is 0 Å². The van der Waals surface area contributed by atoms with E-state index in [0.717, 1.165) is 27.6 Å². The number of anilines is 2. The van der Waals surface area contributed by atoms with Gasteiger partial charge in [-0.2, -0.15) is 0 Å². The zero-order valence-corrected chi connectivity index (χ0v) is 16.6. The van der Waals surface area contributed by atoms with Gasteiger partial charge >= 0.3 is 6.03 Å². The van der Waals surface area contributed by atoms with Crippen LogP contribution in [-0.4, -0.2) is 31.7 Å². The number of amides is 2. The van der Waals surface area contributed by atoms with Gasteiger partial charge in [0.2, 0.25) is 0 Å². The van der Waals surface area contributed by atoms with Gasteiger partial charge in [0, 0.05) is 38.0 Å². The number of para-hydroxylation sites is 2. The molecule has 0 saturated heterocycles. The second-order valence-electron chi connectivity index (χ2n) is 6.55. The van der Waals surface area contributed by atoms with Gasteiger partial charge in [0.1, 0.15) is 5.01 Å². The summed E-state index contributed by atoms with van der Waals surface area (Å²) in [7, 11) is 3.90. The van der Waals surface area contributed by atoms with Crippen molar-refractivity contribution in [3.8, 4) is 10.6 Å². The first kappa shape index (κ1) is 18.9. The Morgan fingerprint density at radius 1 is 1.11 bits per heavy atom. The molecule has 27 heavy (non-hydrogen) atoms. The third-order valence-electron chi connectivity index (χ3n) is 4.15. The van der Waals surface area contributed by atoms with Crippen molar-refractivity contribution in [3.63, 3.8) is 0 Å². The Labute approximate surface area is 164 Å². The molecule has 2 aromatic carbocycles. The lowest BCUT2D eigenvalue weighted by atomic mass is 10.2. The number of urea groups is 1. The van der Waals surface area contributed by atoms with Crippen molar-refractivity contribution in [2.45, 2.75) is 13.3 Å². The summed E-state index contributed by atoms with van der Waals surface area (Å²) in [5.74, 6) is 0. The van der Waals surface area contributed by atoms with Gasteiger partial charge in [0.15, 0.2) is 0 Å². The van der Waals surface area contributed by atoms with Crippen molar-refractivity contribution in [1.29, 1.82) is 0 Å². The topological polar surface area (TPSA) is 57.3 Å². The third kappa shape index (κ3) is 5.08. The van der Waals surface area contributed by atoms with Crippen LogP contribution in [-0.2, 0) is 6.42 Å². The highest BCUT2D eigenvalue weighted by Gasteiger charge is 2.08. The highest BCUT2D eigenvalue weighted by molar-refractivity contribution is 7.13. The second kappa shape index (κ2) is 8.68.